The Balaban J connectivity index is 1.66. The van der Waals surface area contributed by atoms with Gasteiger partial charge in [0.05, 0.1) is 18.7 Å². The molecule has 1 saturated heterocycles. The number of carbonyl (C=O) groups excluding carboxylic acids is 1. The van der Waals surface area contributed by atoms with Crippen LogP contribution in [0, 0.1) is 18.7 Å². The summed E-state index contributed by atoms with van der Waals surface area (Å²) >= 11 is 0. The minimum Gasteiger partial charge on any atom is -0.441 e. The third-order valence-corrected chi connectivity index (χ3v) is 4.71. The molecule has 140 valence electrons. The number of piperidine rings is 1. The minimum absolute atomic E-state index is 0.0494. The zero-order valence-corrected chi connectivity index (χ0v) is 15.3. The van der Waals surface area contributed by atoms with Gasteiger partial charge in [-0.25, -0.2) is 9.37 Å². The standard InChI is InChI=1S/C20H25FN2O3/c1-3-25-13-15-6-5-9-23(12-15)19(24)11-18-14(2)26-20(22-18)16-7-4-8-17(21)10-16/h4,7-8,10,15H,3,5-6,9,11-13H2,1-2H3. The minimum atomic E-state index is -0.343. The Morgan fingerprint density at radius 2 is 2.31 bits per heavy atom. The molecule has 0 radical (unpaired) electrons. The second-order valence-corrected chi connectivity index (χ2v) is 6.72. The maximum Gasteiger partial charge on any atom is 0.228 e. The van der Waals surface area contributed by atoms with E-state index in [-0.39, 0.29) is 18.1 Å². The van der Waals surface area contributed by atoms with Crippen molar-refractivity contribution in [3.05, 3.63) is 41.5 Å². The number of hydrogen-bond donors (Lipinski definition) is 0. The topological polar surface area (TPSA) is 55.6 Å². The average Bonchev–Trinajstić information content (AvgIpc) is 3.01. The van der Waals surface area contributed by atoms with Gasteiger partial charge in [0.1, 0.15) is 11.6 Å². The van der Waals surface area contributed by atoms with Crippen LogP contribution in [-0.4, -0.2) is 42.1 Å². The molecule has 6 heteroatoms. The molecule has 2 heterocycles. The Bertz CT molecular complexity index is 759. The highest BCUT2D eigenvalue weighted by molar-refractivity contribution is 5.78. The summed E-state index contributed by atoms with van der Waals surface area (Å²) in [6.45, 7) is 6.67. The zero-order chi connectivity index (χ0) is 18.5. The molecule has 0 N–H and O–H groups in total. The molecule has 1 aromatic carbocycles. The summed E-state index contributed by atoms with van der Waals surface area (Å²) in [6, 6.07) is 6.10. The summed E-state index contributed by atoms with van der Waals surface area (Å²) in [4.78, 5) is 19.0. The predicted octanol–water partition coefficient (Wildman–Crippen LogP) is 3.61. The Hall–Kier alpha value is -2.21. The van der Waals surface area contributed by atoms with Crippen LogP contribution in [0.15, 0.2) is 28.7 Å². The molecule has 1 aromatic heterocycles. The van der Waals surface area contributed by atoms with Gasteiger partial charge in [-0.05, 0) is 50.8 Å². The summed E-state index contributed by atoms with van der Waals surface area (Å²) in [7, 11) is 0. The predicted molar refractivity (Wildman–Crippen MR) is 96.1 cm³/mol. The molecule has 1 unspecified atom stereocenters. The molecule has 0 saturated carbocycles. The van der Waals surface area contributed by atoms with E-state index in [0.717, 1.165) is 25.9 Å². The second kappa shape index (κ2) is 8.45. The van der Waals surface area contributed by atoms with Gasteiger partial charge in [0, 0.05) is 25.3 Å². The van der Waals surface area contributed by atoms with Crippen molar-refractivity contribution in [2.45, 2.75) is 33.1 Å². The van der Waals surface area contributed by atoms with Crippen LogP contribution in [0.4, 0.5) is 4.39 Å². The van der Waals surface area contributed by atoms with Crippen molar-refractivity contribution in [1.82, 2.24) is 9.88 Å². The summed E-state index contributed by atoms with van der Waals surface area (Å²) in [6.07, 6.45) is 2.29. The number of amides is 1. The van der Waals surface area contributed by atoms with Gasteiger partial charge in [-0.1, -0.05) is 6.07 Å². The van der Waals surface area contributed by atoms with Crippen molar-refractivity contribution < 1.29 is 18.3 Å². The number of likely N-dealkylation sites (tertiary alicyclic amines) is 1. The third kappa shape index (κ3) is 4.49. The first-order valence-corrected chi connectivity index (χ1v) is 9.14. The van der Waals surface area contributed by atoms with E-state index in [0.29, 0.717) is 42.0 Å². The lowest BCUT2D eigenvalue weighted by Crippen LogP contribution is -2.42. The average molecular weight is 360 g/mol. The van der Waals surface area contributed by atoms with E-state index >= 15 is 0 Å². The Morgan fingerprint density at radius 3 is 3.08 bits per heavy atom. The number of carbonyl (C=O) groups is 1. The first-order chi connectivity index (χ1) is 12.6. The summed E-state index contributed by atoms with van der Waals surface area (Å²) in [5, 5.41) is 0. The van der Waals surface area contributed by atoms with Crippen molar-refractivity contribution >= 4 is 5.91 Å². The van der Waals surface area contributed by atoms with Gasteiger partial charge in [0.25, 0.3) is 0 Å². The fraction of sp³-hybridized carbons (Fsp3) is 0.500. The molecule has 1 atom stereocenters. The SMILES string of the molecule is CCOCC1CCCN(C(=O)Cc2nc(-c3cccc(F)c3)oc2C)C1. The normalized spacial score (nSPS) is 17.5. The number of ether oxygens (including phenoxy) is 1. The van der Waals surface area contributed by atoms with Gasteiger partial charge in [-0.3, -0.25) is 4.79 Å². The lowest BCUT2D eigenvalue weighted by molar-refractivity contribution is -0.132. The van der Waals surface area contributed by atoms with Crippen molar-refractivity contribution in [1.29, 1.82) is 0 Å². The van der Waals surface area contributed by atoms with E-state index < -0.39 is 0 Å². The van der Waals surface area contributed by atoms with Crippen LogP contribution in [0.2, 0.25) is 0 Å². The summed E-state index contributed by atoms with van der Waals surface area (Å²) in [5.74, 6) is 1.05. The molecule has 2 aromatic rings. The number of rotatable bonds is 6. The quantitative estimate of drug-likeness (QED) is 0.790. The second-order valence-electron chi connectivity index (χ2n) is 6.72. The fourth-order valence-corrected chi connectivity index (χ4v) is 3.30. The summed E-state index contributed by atoms with van der Waals surface area (Å²) in [5.41, 5.74) is 1.18. The molecule has 1 amide bonds. The number of aryl methyl sites for hydroxylation is 1. The molecule has 0 bridgehead atoms. The largest absolute Gasteiger partial charge is 0.441 e. The lowest BCUT2D eigenvalue weighted by Gasteiger charge is -2.32. The smallest absolute Gasteiger partial charge is 0.228 e. The van der Waals surface area contributed by atoms with Crippen molar-refractivity contribution in [2.75, 3.05) is 26.3 Å². The molecule has 0 aliphatic carbocycles. The van der Waals surface area contributed by atoms with Crippen LogP contribution in [0.5, 0.6) is 0 Å². The number of benzene rings is 1. The molecule has 3 rings (SSSR count). The van der Waals surface area contributed by atoms with Crippen LogP contribution < -0.4 is 0 Å². The van der Waals surface area contributed by atoms with Gasteiger partial charge < -0.3 is 14.1 Å². The van der Waals surface area contributed by atoms with E-state index in [1.54, 1.807) is 19.1 Å². The monoisotopic (exact) mass is 360 g/mol. The molecular weight excluding hydrogens is 335 g/mol. The third-order valence-electron chi connectivity index (χ3n) is 4.71. The Kier molecular flexibility index (Phi) is 6.04. The van der Waals surface area contributed by atoms with E-state index in [9.17, 15) is 9.18 Å². The van der Waals surface area contributed by atoms with Crippen molar-refractivity contribution in [2.24, 2.45) is 5.92 Å². The van der Waals surface area contributed by atoms with Gasteiger partial charge in [-0.15, -0.1) is 0 Å². The van der Waals surface area contributed by atoms with Crippen LogP contribution in [-0.2, 0) is 16.0 Å². The number of hydrogen-bond acceptors (Lipinski definition) is 4. The lowest BCUT2D eigenvalue weighted by atomic mass is 9.98. The van der Waals surface area contributed by atoms with Gasteiger partial charge in [-0.2, -0.15) is 0 Å². The van der Waals surface area contributed by atoms with Crippen molar-refractivity contribution in [3.63, 3.8) is 0 Å². The van der Waals surface area contributed by atoms with Crippen LogP contribution in [0.3, 0.4) is 0 Å². The highest BCUT2D eigenvalue weighted by atomic mass is 19.1. The van der Waals surface area contributed by atoms with E-state index in [1.165, 1.54) is 12.1 Å². The first-order valence-electron chi connectivity index (χ1n) is 9.14. The highest BCUT2D eigenvalue weighted by Gasteiger charge is 2.25. The van der Waals surface area contributed by atoms with Gasteiger partial charge in [0.15, 0.2) is 0 Å². The molecule has 5 nitrogen and oxygen atoms in total. The van der Waals surface area contributed by atoms with E-state index in [2.05, 4.69) is 4.98 Å². The van der Waals surface area contributed by atoms with E-state index in [1.807, 2.05) is 11.8 Å². The first kappa shape index (κ1) is 18.6. The van der Waals surface area contributed by atoms with Crippen LogP contribution in [0.1, 0.15) is 31.2 Å². The van der Waals surface area contributed by atoms with Gasteiger partial charge in [0.2, 0.25) is 11.8 Å². The molecule has 1 aliphatic heterocycles. The molecule has 26 heavy (non-hydrogen) atoms. The maximum atomic E-state index is 13.4. The molecule has 1 aliphatic rings. The van der Waals surface area contributed by atoms with E-state index in [4.69, 9.17) is 9.15 Å². The highest BCUT2D eigenvalue weighted by Crippen LogP contribution is 2.24. The Labute approximate surface area is 153 Å². The molecule has 1 fully saturated rings. The number of nitrogens with zero attached hydrogens (tertiary/aromatic N) is 2. The number of aromatic nitrogens is 1. The Morgan fingerprint density at radius 1 is 1.46 bits per heavy atom. The zero-order valence-electron chi connectivity index (χ0n) is 15.3. The van der Waals surface area contributed by atoms with Crippen molar-refractivity contribution in [3.8, 4) is 11.5 Å². The maximum absolute atomic E-state index is 13.4. The molecule has 0 spiro atoms. The molecular formula is C20H25FN2O3. The summed E-state index contributed by atoms with van der Waals surface area (Å²) < 4.78 is 24.6. The van der Waals surface area contributed by atoms with Crippen LogP contribution in [0.25, 0.3) is 11.5 Å². The number of halogens is 1. The van der Waals surface area contributed by atoms with Crippen LogP contribution >= 0.6 is 0 Å². The van der Waals surface area contributed by atoms with Gasteiger partial charge >= 0.3 is 0 Å². The fourth-order valence-electron chi connectivity index (χ4n) is 3.30. The number of oxazole rings is 1.